The Bertz CT molecular complexity index is 703. The summed E-state index contributed by atoms with van der Waals surface area (Å²) in [5.41, 5.74) is 13.2. The molecule has 0 fully saturated rings. The second kappa shape index (κ2) is 7.69. The predicted octanol–water partition coefficient (Wildman–Crippen LogP) is 1.60. The Morgan fingerprint density at radius 1 is 1.26 bits per heavy atom. The molecule has 0 spiro atoms. The molecule has 23 heavy (non-hydrogen) atoms. The van der Waals surface area contributed by atoms with Crippen molar-refractivity contribution in [2.75, 3.05) is 6.61 Å². The van der Waals surface area contributed by atoms with Gasteiger partial charge >= 0.3 is 0 Å². The molecule has 0 aliphatic rings. The summed E-state index contributed by atoms with van der Waals surface area (Å²) in [6, 6.07) is 8.79. The summed E-state index contributed by atoms with van der Waals surface area (Å²) in [5, 5.41) is 5.99. The first-order valence-electron chi connectivity index (χ1n) is 6.98. The highest BCUT2D eigenvalue weighted by molar-refractivity contribution is 5.93. The first-order valence-corrected chi connectivity index (χ1v) is 6.98. The second-order valence-corrected chi connectivity index (χ2v) is 4.54. The van der Waals surface area contributed by atoms with Crippen LogP contribution in [0.5, 0.6) is 5.75 Å². The third kappa shape index (κ3) is 4.63. The van der Waals surface area contributed by atoms with Gasteiger partial charge in [-0.05, 0) is 48.9 Å². The zero-order valence-electron chi connectivity index (χ0n) is 12.7. The molecule has 0 radical (unpaired) electrons. The highest BCUT2D eigenvalue weighted by Crippen LogP contribution is 2.15. The van der Waals surface area contributed by atoms with Gasteiger partial charge in [-0.25, -0.2) is 0 Å². The molecule has 7 nitrogen and oxygen atoms in total. The van der Waals surface area contributed by atoms with Crippen LogP contribution in [0.3, 0.4) is 0 Å². The van der Waals surface area contributed by atoms with Gasteiger partial charge in [0.2, 0.25) is 0 Å². The molecule has 7 heteroatoms. The van der Waals surface area contributed by atoms with Crippen molar-refractivity contribution in [2.45, 2.75) is 6.92 Å². The Morgan fingerprint density at radius 3 is 2.61 bits per heavy atom. The average Bonchev–Trinajstić information content (AvgIpc) is 3.08. The van der Waals surface area contributed by atoms with Crippen LogP contribution in [0.1, 0.15) is 23.0 Å². The van der Waals surface area contributed by atoms with E-state index in [0.717, 1.165) is 11.3 Å². The number of hydrogen-bond donors (Lipinski definition) is 3. The van der Waals surface area contributed by atoms with Gasteiger partial charge in [0.15, 0.2) is 5.69 Å². The molecule has 5 N–H and O–H groups in total. The lowest BCUT2D eigenvalue weighted by atomic mass is 10.1. The minimum absolute atomic E-state index is 0.143. The quantitative estimate of drug-likeness (QED) is 0.697. The van der Waals surface area contributed by atoms with E-state index in [0.29, 0.717) is 12.3 Å². The molecule has 0 unspecified atom stereocenters. The van der Waals surface area contributed by atoms with Crippen LogP contribution in [-0.4, -0.2) is 17.7 Å². The minimum Gasteiger partial charge on any atom is -0.494 e. The molecule has 0 aliphatic carbocycles. The van der Waals surface area contributed by atoms with E-state index in [1.807, 2.05) is 31.2 Å². The molecule has 120 valence electrons. The molecule has 1 aromatic carbocycles. The van der Waals surface area contributed by atoms with Gasteiger partial charge in [-0.15, -0.1) is 0 Å². The number of aromatic nitrogens is 1. The smallest absolute Gasteiger partial charge is 0.278 e. The van der Waals surface area contributed by atoms with Crippen LogP contribution in [0.15, 0.2) is 59.1 Å². The zero-order valence-corrected chi connectivity index (χ0v) is 12.7. The topological polar surface area (TPSA) is 116 Å². The van der Waals surface area contributed by atoms with Gasteiger partial charge in [-0.3, -0.25) is 4.79 Å². The van der Waals surface area contributed by atoms with E-state index >= 15 is 0 Å². The summed E-state index contributed by atoms with van der Waals surface area (Å²) in [6.07, 6.45) is 4.41. The van der Waals surface area contributed by atoms with Crippen molar-refractivity contribution in [3.8, 4) is 5.75 Å². The third-order valence-corrected chi connectivity index (χ3v) is 2.87. The van der Waals surface area contributed by atoms with Gasteiger partial charge in [-0.2, -0.15) is 0 Å². The molecule has 2 aromatic rings. The van der Waals surface area contributed by atoms with Crippen LogP contribution < -0.4 is 21.5 Å². The number of carbonyl (C=O) groups excluding carboxylic acids is 1. The van der Waals surface area contributed by atoms with E-state index < -0.39 is 5.91 Å². The lowest BCUT2D eigenvalue weighted by molar-refractivity contribution is 0.0956. The maximum absolute atomic E-state index is 11.7. The number of nitrogens with zero attached hydrogens (tertiary/aromatic N) is 1. The van der Waals surface area contributed by atoms with Gasteiger partial charge in [-0.1, -0.05) is 5.16 Å². The number of nitrogens with one attached hydrogen (secondary N) is 1. The SMILES string of the molecule is CCOc1ccc(/C(N)=C/C=C(\N)NC(=O)c2ccon2)cc1. The summed E-state index contributed by atoms with van der Waals surface area (Å²) in [4.78, 5) is 11.7. The van der Waals surface area contributed by atoms with E-state index in [2.05, 4.69) is 15.0 Å². The Morgan fingerprint density at radius 2 is 2.00 bits per heavy atom. The summed E-state index contributed by atoms with van der Waals surface area (Å²) in [6.45, 7) is 2.53. The Hall–Kier alpha value is -3.22. The van der Waals surface area contributed by atoms with Gasteiger partial charge in [0.1, 0.15) is 17.8 Å². The van der Waals surface area contributed by atoms with Gasteiger partial charge in [0, 0.05) is 11.8 Å². The fraction of sp³-hybridized carbons (Fsp3) is 0.125. The van der Waals surface area contributed by atoms with Crippen molar-refractivity contribution in [3.05, 3.63) is 65.8 Å². The zero-order chi connectivity index (χ0) is 16.7. The highest BCUT2D eigenvalue weighted by Gasteiger charge is 2.08. The van der Waals surface area contributed by atoms with Gasteiger partial charge < -0.3 is 26.0 Å². The van der Waals surface area contributed by atoms with Crippen LogP contribution in [0, 0.1) is 0 Å². The maximum Gasteiger partial charge on any atom is 0.278 e. The molecule has 2 rings (SSSR count). The van der Waals surface area contributed by atoms with Gasteiger partial charge in [0.05, 0.1) is 6.61 Å². The molecule has 0 atom stereocenters. The van der Waals surface area contributed by atoms with Crippen molar-refractivity contribution in [1.29, 1.82) is 0 Å². The highest BCUT2D eigenvalue weighted by atomic mass is 16.5. The standard InChI is InChI=1S/C16H18N4O3/c1-2-22-12-5-3-11(4-6-12)13(17)7-8-15(18)19-16(21)14-9-10-23-20-14/h3-10H,2,17-18H2,1H3,(H,19,21)/b13-7-,15-8+. The van der Waals surface area contributed by atoms with Crippen LogP contribution >= 0.6 is 0 Å². The van der Waals surface area contributed by atoms with Crippen molar-refractivity contribution in [1.82, 2.24) is 10.5 Å². The summed E-state index contributed by atoms with van der Waals surface area (Å²) in [7, 11) is 0. The summed E-state index contributed by atoms with van der Waals surface area (Å²) < 4.78 is 9.95. The van der Waals surface area contributed by atoms with E-state index in [-0.39, 0.29) is 11.5 Å². The first kappa shape index (κ1) is 16.2. The number of ether oxygens (including phenoxy) is 1. The Labute approximate surface area is 133 Å². The first-order chi connectivity index (χ1) is 11.1. The fourth-order valence-electron chi connectivity index (χ4n) is 1.75. The van der Waals surface area contributed by atoms with Crippen LogP contribution in [0.2, 0.25) is 0 Å². The lowest BCUT2D eigenvalue weighted by Crippen LogP contribution is -2.27. The van der Waals surface area contributed by atoms with E-state index in [1.54, 1.807) is 6.08 Å². The molecule has 0 aliphatic heterocycles. The molecule has 1 amide bonds. The molecule has 0 saturated carbocycles. The lowest BCUT2D eigenvalue weighted by Gasteiger charge is -2.05. The van der Waals surface area contributed by atoms with Gasteiger partial charge in [0.25, 0.3) is 5.91 Å². The number of benzene rings is 1. The number of nitrogens with two attached hydrogens (primary N) is 2. The molecule has 1 heterocycles. The minimum atomic E-state index is -0.458. The monoisotopic (exact) mass is 314 g/mol. The van der Waals surface area contributed by atoms with Crippen molar-refractivity contribution < 1.29 is 14.1 Å². The summed E-state index contributed by atoms with van der Waals surface area (Å²) >= 11 is 0. The third-order valence-electron chi connectivity index (χ3n) is 2.87. The predicted molar refractivity (Wildman–Crippen MR) is 86.0 cm³/mol. The van der Waals surface area contributed by atoms with E-state index in [9.17, 15) is 4.79 Å². The largest absolute Gasteiger partial charge is 0.494 e. The Kier molecular flexibility index (Phi) is 5.40. The second-order valence-electron chi connectivity index (χ2n) is 4.54. The summed E-state index contributed by atoms with van der Waals surface area (Å²) in [5.74, 6) is 0.464. The number of rotatable bonds is 6. The number of carbonyl (C=O) groups is 1. The normalized spacial score (nSPS) is 12.0. The molecular weight excluding hydrogens is 296 g/mol. The van der Waals surface area contributed by atoms with Crippen LogP contribution in [-0.2, 0) is 0 Å². The number of allylic oxidation sites excluding steroid dienone is 2. The average molecular weight is 314 g/mol. The van der Waals surface area contributed by atoms with E-state index in [1.165, 1.54) is 18.4 Å². The number of amides is 1. The fourth-order valence-corrected chi connectivity index (χ4v) is 1.75. The maximum atomic E-state index is 11.7. The van der Waals surface area contributed by atoms with Crippen molar-refractivity contribution >= 4 is 11.6 Å². The van der Waals surface area contributed by atoms with Crippen molar-refractivity contribution in [3.63, 3.8) is 0 Å². The molecule has 0 bridgehead atoms. The van der Waals surface area contributed by atoms with E-state index in [4.69, 9.17) is 16.2 Å². The Balaban J connectivity index is 2.00. The number of hydrogen-bond acceptors (Lipinski definition) is 6. The van der Waals surface area contributed by atoms with Crippen LogP contribution in [0.4, 0.5) is 0 Å². The molecule has 0 saturated heterocycles. The van der Waals surface area contributed by atoms with Crippen molar-refractivity contribution in [2.24, 2.45) is 11.5 Å². The molecule has 1 aromatic heterocycles. The molecular formula is C16H18N4O3. The van der Waals surface area contributed by atoms with Crippen LogP contribution in [0.25, 0.3) is 5.70 Å².